The minimum atomic E-state index is 0.424. The zero-order valence-electron chi connectivity index (χ0n) is 10.3. The first-order chi connectivity index (χ1) is 7.67. The summed E-state index contributed by atoms with van der Waals surface area (Å²) in [6, 6.07) is 8.89. The topological polar surface area (TPSA) is 30.9 Å². The van der Waals surface area contributed by atoms with Gasteiger partial charge in [0.25, 0.3) is 0 Å². The Balaban J connectivity index is 2.66. The van der Waals surface area contributed by atoms with Gasteiger partial charge in [-0.25, -0.2) is 0 Å². The van der Waals surface area contributed by atoms with Gasteiger partial charge in [0.15, 0.2) is 0 Å². The summed E-state index contributed by atoms with van der Waals surface area (Å²) in [4.78, 5) is 0. The summed E-state index contributed by atoms with van der Waals surface area (Å²) in [5.41, 5.74) is 9.76. The third-order valence-corrected chi connectivity index (χ3v) is 3.27. The third kappa shape index (κ3) is 1.74. The van der Waals surface area contributed by atoms with Crippen molar-refractivity contribution in [3.63, 3.8) is 0 Å². The number of nitrogens with zero attached hydrogens (tertiary/aromatic N) is 1. The Morgan fingerprint density at radius 3 is 2.69 bits per heavy atom. The Bertz CT molecular complexity index is 497. The molecule has 0 bridgehead atoms. The molecule has 0 saturated heterocycles. The number of benzene rings is 1. The maximum absolute atomic E-state index is 5.77. The van der Waals surface area contributed by atoms with Crippen LogP contribution in [-0.4, -0.2) is 11.1 Å². The molecule has 0 aliphatic rings. The highest BCUT2D eigenvalue weighted by Crippen LogP contribution is 2.25. The highest BCUT2D eigenvalue weighted by molar-refractivity contribution is 5.82. The van der Waals surface area contributed by atoms with Crippen molar-refractivity contribution in [2.45, 2.75) is 33.2 Å². The molecule has 0 saturated carbocycles. The number of aryl methyl sites for hydroxylation is 2. The van der Waals surface area contributed by atoms with Crippen LogP contribution < -0.4 is 5.73 Å². The maximum atomic E-state index is 5.77. The maximum Gasteiger partial charge on any atom is 0.0485 e. The minimum absolute atomic E-state index is 0.424. The SMILES string of the molecule is CCn1c(C(C)CN)cc2ccc(C)cc21. The van der Waals surface area contributed by atoms with Gasteiger partial charge in [0.05, 0.1) is 0 Å². The van der Waals surface area contributed by atoms with Crippen LogP contribution in [0.4, 0.5) is 0 Å². The van der Waals surface area contributed by atoms with E-state index in [1.54, 1.807) is 0 Å². The Morgan fingerprint density at radius 1 is 1.31 bits per heavy atom. The molecule has 0 fully saturated rings. The van der Waals surface area contributed by atoms with Crippen LogP contribution in [0.2, 0.25) is 0 Å². The van der Waals surface area contributed by atoms with E-state index in [-0.39, 0.29) is 0 Å². The molecule has 2 nitrogen and oxygen atoms in total. The summed E-state index contributed by atoms with van der Waals surface area (Å²) in [5, 5.41) is 1.32. The van der Waals surface area contributed by atoms with Gasteiger partial charge in [0.1, 0.15) is 0 Å². The lowest BCUT2D eigenvalue weighted by Gasteiger charge is -2.13. The van der Waals surface area contributed by atoms with Crippen LogP contribution >= 0.6 is 0 Å². The van der Waals surface area contributed by atoms with E-state index in [1.165, 1.54) is 22.2 Å². The molecule has 0 spiro atoms. The number of rotatable bonds is 3. The number of hydrogen-bond acceptors (Lipinski definition) is 1. The Hall–Kier alpha value is -1.28. The molecule has 1 atom stereocenters. The van der Waals surface area contributed by atoms with Crippen LogP contribution in [0, 0.1) is 6.92 Å². The van der Waals surface area contributed by atoms with E-state index in [0.29, 0.717) is 12.5 Å². The van der Waals surface area contributed by atoms with Crippen molar-refractivity contribution in [3.8, 4) is 0 Å². The summed E-state index contributed by atoms with van der Waals surface area (Å²) in [6.07, 6.45) is 0. The molecule has 1 unspecified atom stereocenters. The first-order valence-electron chi connectivity index (χ1n) is 5.97. The van der Waals surface area contributed by atoms with E-state index >= 15 is 0 Å². The van der Waals surface area contributed by atoms with Crippen molar-refractivity contribution in [1.29, 1.82) is 0 Å². The van der Waals surface area contributed by atoms with Crippen molar-refractivity contribution >= 4 is 10.9 Å². The predicted molar refractivity (Wildman–Crippen MR) is 69.8 cm³/mol. The average molecular weight is 216 g/mol. The van der Waals surface area contributed by atoms with Crippen LogP contribution in [0.25, 0.3) is 10.9 Å². The van der Waals surface area contributed by atoms with Crippen molar-refractivity contribution in [3.05, 3.63) is 35.5 Å². The number of nitrogens with two attached hydrogens (primary N) is 1. The van der Waals surface area contributed by atoms with Crippen molar-refractivity contribution in [2.75, 3.05) is 6.54 Å². The van der Waals surface area contributed by atoms with Gasteiger partial charge in [-0.2, -0.15) is 0 Å². The summed E-state index contributed by atoms with van der Waals surface area (Å²) in [6.45, 7) is 8.22. The number of hydrogen-bond donors (Lipinski definition) is 1. The van der Waals surface area contributed by atoms with Crippen LogP contribution in [0.5, 0.6) is 0 Å². The smallest absolute Gasteiger partial charge is 0.0485 e. The molecule has 2 rings (SSSR count). The molecule has 2 heteroatoms. The lowest BCUT2D eigenvalue weighted by molar-refractivity contribution is 0.661. The first-order valence-corrected chi connectivity index (χ1v) is 5.97. The van der Waals surface area contributed by atoms with Crippen LogP contribution in [0.3, 0.4) is 0 Å². The largest absolute Gasteiger partial charge is 0.345 e. The Labute approximate surface area is 97.1 Å². The summed E-state index contributed by atoms with van der Waals surface area (Å²) in [5.74, 6) is 0.424. The second-order valence-electron chi connectivity index (χ2n) is 4.51. The molecule has 1 heterocycles. The van der Waals surface area contributed by atoms with E-state index in [9.17, 15) is 0 Å². The molecule has 2 N–H and O–H groups in total. The van der Waals surface area contributed by atoms with E-state index in [0.717, 1.165) is 6.54 Å². The molecule has 16 heavy (non-hydrogen) atoms. The second-order valence-corrected chi connectivity index (χ2v) is 4.51. The van der Waals surface area contributed by atoms with Gasteiger partial charge in [-0.05, 0) is 36.9 Å². The van der Waals surface area contributed by atoms with Crippen molar-refractivity contribution in [1.82, 2.24) is 4.57 Å². The molecule has 86 valence electrons. The van der Waals surface area contributed by atoms with Crippen LogP contribution in [0.15, 0.2) is 24.3 Å². The molecule has 1 aromatic heterocycles. The zero-order chi connectivity index (χ0) is 11.7. The van der Waals surface area contributed by atoms with Gasteiger partial charge >= 0.3 is 0 Å². The molecule has 1 aromatic carbocycles. The van der Waals surface area contributed by atoms with E-state index in [1.807, 2.05) is 0 Å². The molecule has 0 aliphatic heterocycles. The molecule has 0 amide bonds. The van der Waals surface area contributed by atoms with Gasteiger partial charge in [0, 0.05) is 30.2 Å². The minimum Gasteiger partial charge on any atom is -0.345 e. The lowest BCUT2D eigenvalue weighted by atomic mass is 10.1. The van der Waals surface area contributed by atoms with Crippen molar-refractivity contribution in [2.24, 2.45) is 5.73 Å². The Morgan fingerprint density at radius 2 is 2.06 bits per heavy atom. The van der Waals surface area contributed by atoms with Crippen LogP contribution in [-0.2, 0) is 6.54 Å². The molecular formula is C14H20N2. The summed E-state index contributed by atoms with van der Waals surface area (Å²) >= 11 is 0. The fraction of sp³-hybridized carbons (Fsp3) is 0.429. The normalized spacial score (nSPS) is 13.2. The quantitative estimate of drug-likeness (QED) is 0.840. The lowest BCUT2D eigenvalue weighted by Crippen LogP contribution is -2.13. The number of fused-ring (bicyclic) bond motifs is 1. The second kappa shape index (κ2) is 4.30. The van der Waals surface area contributed by atoms with Gasteiger partial charge in [-0.3, -0.25) is 0 Å². The fourth-order valence-electron chi connectivity index (χ4n) is 2.27. The third-order valence-electron chi connectivity index (χ3n) is 3.27. The molecule has 2 aromatic rings. The van der Waals surface area contributed by atoms with Crippen molar-refractivity contribution < 1.29 is 0 Å². The highest BCUT2D eigenvalue weighted by atomic mass is 15.0. The standard InChI is InChI=1S/C14H20N2/c1-4-16-13(11(3)9-15)8-12-6-5-10(2)7-14(12)16/h5-8,11H,4,9,15H2,1-3H3. The first kappa shape index (κ1) is 11.2. The Kier molecular flexibility index (Phi) is 3.01. The highest BCUT2D eigenvalue weighted by Gasteiger charge is 2.12. The van der Waals surface area contributed by atoms with Gasteiger partial charge in [-0.1, -0.05) is 19.1 Å². The van der Waals surface area contributed by atoms with E-state index in [4.69, 9.17) is 5.73 Å². The number of aromatic nitrogens is 1. The monoisotopic (exact) mass is 216 g/mol. The van der Waals surface area contributed by atoms with Gasteiger partial charge in [0.2, 0.25) is 0 Å². The van der Waals surface area contributed by atoms with Gasteiger partial charge < -0.3 is 10.3 Å². The molecular weight excluding hydrogens is 196 g/mol. The molecule has 0 aliphatic carbocycles. The fourth-order valence-corrected chi connectivity index (χ4v) is 2.27. The molecule has 0 radical (unpaired) electrons. The van der Waals surface area contributed by atoms with E-state index < -0.39 is 0 Å². The zero-order valence-corrected chi connectivity index (χ0v) is 10.3. The van der Waals surface area contributed by atoms with Gasteiger partial charge in [-0.15, -0.1) is 0 Å². The van der Waals surface area contributed by atoms with Crippen LogP contribution in [0.1, 0.15) is 31.0 Å². The van der Waals surface area contributed by atoms with E-state index in [2.05, 4.69) is 49.6 Å². The summed E-state index contributed by atoms with van der Waals surface area (Å²) < 4.78 is 2.37. The predicted octanol–water partition coefficient (Wildman–Crippen LogP) is 3.03. The average Bonchev–Trinajstić information content (AvgIpc) is 2.65. The summed E-state index contributed by atoms with van der Waals surface area (Å²) in [7, 11) is 0.